The molecule has 2 aromatic rings. The highest BCUT2D eigenvalue weighted by atomic mass is 16.6. The molecule has 2 amide bonds. The van der Waals surface area contributed by atoms with Crippen molar-refractivity contribution in [2.24, 2.45) is 0 Å². The fraction of sp³-hybridized carbons (Fsp3) is 0.400. The number of hydrogen-bond acceptors (Lipinski definition) is 5. The molecule has 3 heterocycles. The number of hydrogen-bond donors (Lipinski definition) is 1. The molecule has 1 aromatic heterocycles. The van der Waals surface area contributed by atoms with Gasteiger partial charge in [-0.05, 0) is 42.7 Å². The summed E-state index contributed by atoms with van der Waals surface area (Å²) in [6, 6.07) is 9.10. The SMILES string of the molecule is O=C(Nc1ccc2c(c1)OCCO2)N(Cc1ccncc1)C[C@@H]1CCCO1. The van der Waals surface area contributed by atoms with Gasteiger partial charge >= 0.3 is 6.03 Å². The molecule has 1 atom stereocenters. The maximum atomic E-state index is 12.9. The summed E-state index contributed by atoms with van der Waals surface area (Å²) in [4.78, 5) is 18.8. The molecule has 0 spiro atoms. The van der Waals surface area contributed by atoms with Gasteiger partial charge in [0.2, 0.25) is 0 Å². The van der Waals surface area contributed by atoms with Crippen molar-refractivity contribution in [3.63, 3.8) is 0 Å². The Labute approximate surface area is 158 Å². The predicted octanol–water partition coefficient (Wildman–Crippen LogP) is 3.07. The van der Waals surface area contributed by atoms with Crippen LogP contribution in [0.1, 0.15) is 18.4 Å². The van der Waals surface area contributed by atoms with Crippen molar-refractivity contribution in [1.29, 1.82) is 0 Å². The maximum Gasteiger partial charge on any atom is 0.322 e. The minimum Gasteiger partial charge on any atom is -0.486 e. The van der Waals surface area contributed by atoms with Crippen molar-refractivity contribution < 1.29 is 19.0 Å². The first-order chi connectivity index (χ1) is 13.3. The summed E-state index contributed by atoms with van der Waals surface area (Å²) in [6.07, 6.45) is 5.57. The van der Waals surface area contributed by atoms with E-state index in [1.807, 2.05) is 24.3 Å². The zero-order chi connectivity index (χ0) is 18.5. The number of carbonyl (C=O) groups is 1. The third-order valence-electron chi connectivity index (χ3n) is 4.65. The van der Waals surface area contributed by atoms with Gasteiger partial charge in [-0.1, -0.05) is 0 Å². The number of rotatable bonds is 5. The fourth-order valence-corrected chi connectivity index (χ4v) is 3.29. The lowest BCUT2D eigenvalue weighted by Crippen LogP contribution is -2.39. The van der Waals surface area contributed by atoms with Crippen LogP contribution in [0.4, 0.5) is 10.5 Å². The number of ether oxygens (including phenoxy) is 3. The van der Waals surface area contributed by atoms with Crippen LogP contribution in [-0.4, -0.2) is 48.4 Å². The third-order valence-corrected chi connectivity index (χ3v) is 4.65. The van der Waals surface area contributed by atoms with Gasteiger partial charge in [0, 0.05) is 43.8 Å². The van der Waals surface area contributed by atoms with Crippen LogP contribution in [0.2, 0.25) is 0 Å². The molecule has 142 valence electrons. The van der Waals surface area contributed by atoms with E-state index in [1.54, 1.807) is 23.4 Å². The second kappa shape index (κ2) is 8.26. The van der Waals surface area contributed by atoms with Gasteiger partial charge in [0.25, 0.3) is 0 Å². The van der Waals surface area contributed by atoms with Gasteiger partial charge in [-0.2, -0.15) is 0 Å². The number of fused-ring (bicyclic) bond motifs is 1. The number of carbonyl (C=O) groups excluding carboxylic acids is 1. The molecule has 1 saturated heterocycles. The largest absolute Gasteiger partial charge is 0.486 e. The number of urea groups is 1. The highest BCUT2D eigenvalue weighted by Gasteiger charge is 2.23. The van der Waals surface area contributed by atoms with E-state index in [2.05, 4.69) is 10.3 Å². The molecule has 0 unspecified atom stereocenters. The normalized spacial score (nSPS) is 18.1. The number of amides is 2. The molecular weight excluding hydrogens is 346 g/mol. The standard InChI is InChI=1S/C20H23N3O4/c24-20(22-16-3-4-18-19(12-16)27-11-10-26-18)23(14-17-2-1-9-25-17)13-15-5-7-21-8-6-15/h3-8,12,17H,1-2,9-11,13-14H2,(H,22,24)/t17-/m0/s1. The maximum absolute atomic E-state index is 12.9. The highest BCUT2D eigenvalue weighted by Crippen LogP contribution is 2.32. The van der Waals surface area contributed by atoms with Crippen LogP contribution in [0.15, 0.2) is 42.7 Å². The van der Waals surface area contributed by atoms with Crippen LogP contribution in [-0.2, 0) is 11.3 Å². The van der Waals surface area contributed by atoms with Crippen LogP contribution >= 0.6 is 0 Å². The molecule has 2 aliphatic rings. The second-order valence-corrected chi connectivity index (χ2v) is 6.66. The van der Waals surface area contributed by atoms with Crippen LogP contribution in [0.3, 0.4) is 0 Å². The van der Waals surface area contributed by atoms with E-state index in [1.165, 1.54) is 0 Å². The van der Waals surface area contributed by atoms with Crippen LogP contribution < -0.4 is 14.8 Å². The van der Waals surface area contributed by atoms with Crippen LogP contribution in [0, 0.1) is 0 Å². The summed E-state index contributed by atoms with van der Waals surface area (Å²) < 4.78 is 16.8. The van der Waals surface area contributed by atoms with E-state index in [4.69, 9.17) is 14.2 Å². The Kier molecular flexibility index (Phi) is 5.39. The van der Waals surface area contributed by atoms with Crippen LogP contribution in [0.25, 0.3) is 0 Å². The Balaban J connectivity index is 1.47. The molecule has 1 fully saturated rings. The quantitative estimate of drug-likeness (QED) is 0.877. The minimum absolute atomic E-state index is 0.0813. The average molecular weight is 369 g/mol. The molecular formula is C20H23N3O4. The first-order valence-electron chi connectivity index (χ1n) is 9.24. The molecule has 0 aliphatic carbocycles. The Hall–Kier alpha value is -2.80. The molecule has 4 rings (SSSR count). The molecule has 7 heteroatoms. The van der Waals surface area contributed by atoms with E-state index in [-0.39, 0.29) is 12.1 Å². The second-order valence-electron chi connectivity index (χ2n) is 6.66. The van der Waals surface area contributed by atoms with E-state index >= 15 is 0 Å². The van der Waals surface area contributed by atoms with E-state index < -0.39 is 0 Å². The summed E-state index contributed by atoms with van der Waals surface area (Å²) >= 11 is 0. The lowest BCUT2D eigenvalue weighted by molar-refractivity contribution is 0.0819. The molecule has 0 bridgehead atoms. The Bertz CT molecular complexity index is 778. The zero-order valence-electron chi connectivity index (χ0n) is 15.1. The molecule has 2 aliphatic heterocycles. The smallest absolute Gasteiger partial charge is 0.322 e. The Morgan fingerprint density at radius 3 is 2.70 bits per heavy atom. The molecule has 1 N–H and O–H groups in total. The minimum atomic E-state index is -0.168. The lowest BCUT2D eigenvalue weighted by Gasteiger charge is -2.26. The van der Waals surface area contributed by atoms with Gasteiger partial charge in [-0.15, -0.1) is 0 Å². The number of anilines is 1. The molecule has 0 saturated carbocycles. The van der Waals surface area contributed by atoms with Crippen molar-refractivity contribution in [3.8, 4) is 11.5 Å². The zero-order valence-corrected chi connectivity index (χ0v) is 15.1. The molecule has 0 radical (unpaired) electrons. The lowest BCUT2D eigenvalue weighted by atomic mass is 10.2. The summed E-state index contributed by atoms with van der Waals surface area (Å²) in [7, 11) is 0. The molecule has 7 nitrogen and oxygen atoms in total. The van der Waals surface area contributed by atoms with Crippen molar-refractivity contribution in [2.45, 2.75) is 25.5 Å². The van der Waals surface area contributed by atoms with Crippen molar-refractivity contribution in [1.82, 2.24) is 9.88 Å². The van der Waals surface area contributed by atoms with Crippen molar-refractivity contribution >= 4 is 11.7 Å². The topological polar surface area (TPSA) is 72.9 Å². The van der Waals surface area contributed by atoms with E-state index in [0.717, 1.165) is 25.0 Å². The Morgan fingerprint density at radius 1 is 1.11 bits per heavy atom. The number of nitrogens with one attached hydrogen (secondary N) is 1. The summed E-state index contributed by atoms with van der Waals surface area (Å²) in [5, 5.41) is 2.97. The van der Waals surface area contributed by atoms with Crippen LogP contribution in [0.5, 0.6) is 11.5 Å². The van der Waals surface area contributed by atoms with Gasteiger partial charge in [-0.25, -0.2) is 4.79 Å². The average Bonchev–Trinajstić information content (AvgIpc) is 3.21. The van der Waals surface area contributed by atoms with Gasteiger partial charge in [0.05, 0.1) is 6.10 Å². The van der Waals surface area contributed by atoms with Gasteiger partial charge in [0.15, 0.2) is 11.5 Å². The van der Waals surface area contributed by atoms with E-state index in [9.17, 15) is 4.79 Å². The van der Waals surface area contributed by atoms with E-state index in [0.29, 0.717) is 43.5 Å². The van der Waals surface area contributed by atoms with Gasteiger partial charge in [0.1, 0.15) is 13.2 Å². The van der Waals surface area contributed by atoms with Gasteiger partial charge in [-0.3, -0.25) is 4.98 Å². The third kappa shape index (κ3) is 4.49. The van der Waals surface area contributed by atoms with Crippen molar-refractivity contribution in [2.75, 3.05) is 31.7 Å². The molecule has 27 heavy (non-hydrogen) atoms. The summed E-state index contributed by atoms with van der Waals surface area (Å²) in [5.74, 6) is 1.35. The first-order valence-corrected chi connectivity index (χ1v) is 9.24. The van der Waals surface area contributed by atoms with Gasteiger partial charge < -0.3 is 24.4 Å². The summed E-state index contributed by atoms with van der Waals surface area (Å²) in [5.41, 5.74) is 1.71. The number of pyridine rings is 1. The number of nitrogens with zero attached hydrogens (tertiary/aromatic N) is 2. The first kappa shape index (κ1) is 17.6. The highest BCUT2D eigenvalue weighted by molar-refractivity contribution is 5.89. The Morgan fingerprint density at radius 2 is 1.93 bits per heavy atom. The molecule has 1 aromatic carbocycles. The number of benzene rings is 1. The summed E-state index contributed by atoms with van der Waals surface area (Å²) in [6.45, 7) is 2.87. The predicted molar refractivity (Wildman–Crippen MR) is 100 cm³/mol. The van der Waals surface area contributed by atoms with Crippen molar-refractivity contribution in [3.05, 3.63) is 48.3 Å². The monoisotopic (exact) mass is 369 g/mol. The number of aromatic nitrogens is 1. The fourth-order valence-electron chi connectivity index (χ4n) is 3.29.